The number of hydrogen-bond acceptors (Lipinski definition) is 3. The number of ether oxygens (including phenoxy) is 1. The average molecular weight is 284 g/mol. The van der Waals surface area contributed by atoms with Crippen LogP contribution in [0.5, 0.6) is 0 Å². The molecule has 1 rings (SSSR count). The van der Waals surface area contributed by atoms with Gasteiger partial charge >= 0.3 is 0 Å². The molecular formula is C17H36N2O. The summed E-state index contributed by atoms with van der Waals surface area (Å²) in [7, 11) is 0. The van der Waals surface area contributed by atoms with E-state index in [-0.39, 0.29) is 0 Å². The fourth-order valence-corrected chi connectivity index (χ4v) is 3.32. The van der Waals surface area contributed by atoms with E-state index in [9.17, 15) is 0 Å². The molecule has 0 aromatic rings. The summed E-state index contributed by atoms with van der Waals surface area (Å²) in [6.45, 7) is 9.90. The normalized spacial score (nSPS) is 22.1. The van der Waals surface area contributed by atoms with Crippen LogP contribution in [-0.4, -0.2) is 43.8 Å². The van der Waals surface area contributed by atoms with Crippen LogP contribution in [0, 0.1) is 5.92 Å². The molecular weight excluding hydrogens is 248 g/mol. The van der Waals surface area contributed by atoms with E-state index < -0.39 is 0 Å². The van der Waals surface area contributed by atoms with Crippen LogP contribution in [0.4, 0.5) is 0 Å². The highest BCUT2D eigenvalue weighted by molar-refractivity contribution is 4.73. The first-order valence-electron chi connectivity index (χ1n) is 8.84. The van der Waals surface area contributed by atoms with Gasteiger partial charge in [-0.3, -0.25) is 0 Å². The number of nitrogens with two attached hydrogens (primary N) is 1. The molecule has 0 bridgehead atoms. The van der Waals surface area contributed by atoms with E-state index in [0.717, 1.165) is 32.0 Å². The van der Waals surface area contributed by atoms with Crippen LogP contribution in [0.15, 0.2) is 0 Å². The molecule has 1 aliphatic rings. The fraction of sp³-hybridized carbons (Fsp3) is 1.00. The largest absolute Gasteiger partial charge is 0.377 e. The molecule has 2 atom stereocenters. The molecule has 1 fully saturated rings. The molecule has 0 amide bonds. The summed E-state index contributed by atoms with van der Waals surface area (Å²) >= 11 is 0. The minimum Gasteiger partial charge on any atom is -0.377 e. The van der Waals surface area contributed by atoms with Gasteiger partial charge in [0.2, 0.25) is 0 Å². The van der Waals surface area contributed by atoms with Crippen molar-refractivity contribution >= 4 is 0 Å². The van der Waals surface area contributed by atoms with Gasteiger partial charge in [0.05, 0.1) is 6.10 Å². The monoisotopic (exact) mass is 284 g/mol. The molecule has 2 N–H and O–H groups in total. The molecule has 0 aromatic carbocycles. The van der Waals surface area contributed by atoms with Gasteiger partial charge in [-0.25, -0.2) is 0 Å². The lowest BCUT2D eigenvalue weighted by Crippen LogP contribution is -2.40. The maximum absolute atomic E-state index is 5.91. The highest BCUT2D eigenvalue weighted by Gasteiger charge is 2.20. The first-order chi connectivity index (χ1) is 9.80. The zero-order valence-corrected chi connectivity index (χ0v) is 13.8. The van der Waals surface area contributed by atoms with Crippen molar-refractivity contribution in [3.05, 3.63) is 0 Å². The Labute approximate surface area is 126 Å². The van der Waals surface area contributed by atoms with Gasteiger partial charge in [-0.2, -0.15) is 0 Å². The summed E-state index contributed by atoms with van der Waals surface area (Å²) < 4.78 is 5.91. The number of likely N-dealkylation sites (tertiary alicyclic amines) is 1. The van der Waals surface area contributed by atoms with Crippen LogP contribution in [0.2, 0.25) is 0 Å². The van der Waals surface area contributed by atoms with Gasteiger partial charge in [0.1, 0.15) is 0 Å². The minimum absolute atomic E-state index is 0.485. The quantitative estimate of drug-likeness (QED) is 0.632. The molecule has 0 aromatic heterocycles. The summed E-state index contributed by atoms with van der Waals surface area (Å²) in [5, 5.41) is 0. The van der Waals surface area contributed by atoms with Crippen molar-refractivity contribution in [1.29, 1.82) is 0 Å². The molecule has 120 valence electrons. The second-order valence-electron chi connectivity index (χ2n) is 6.31. The molecule has 2 unspecified atom stereocenters. The predicted molar refractivity (Wildman–Crippen MR) is 87.0 cm³/mol. The van der Waals surface area contributed by atoms with Gasteiger partial charge in [-0.15, -0.1) is 0 Å². The van der Waals surface area contributed by atoms with Gasteiger partial charge < -0.3 is 15.4 Å². The standard InChI is InChI=1S/C17H36N2O/c1-3-7-16(10-11-18)8-5-12-19-13-6-9-17(15-19)20-14-4-2/h16-17H,3-15,18H2,1-2H3. The Morgan fingerprint density at radius 2 is 2.05 bits per heavy atom. The second kappa shape index (κ2) is 11.5. The third-order valence-corrected chi connectivity index (χ3v) is 4.38. The maximum Gasteiger partial charge on any atom is 0.0702 e. The third-order valence-electron chi connectivity index (χ3n) is 4.38. The molecule has 1 aliphatic heterocycles. The summed E-state index contributed by atoms with van der Waals surface area (Å²) in [5.41, 5.74) is 5.71. The Hall–Kier alpha value is -0.120. The topological polar surface area (TPSA) is 38.5 Å². The Morgan fingerprint density at radius 1 is 1.20 bits per heavy atom. The molecule has 3 nitrogen and oxygen atoms in total. The van der Waals surface area contributed by atoms with Crippen LogP contribution < -0.4 is 5.73 Å². The summed E-state index contributed by atoms with van der Waals surface area (Å²) in [6.07, 6.45) is 10.7. The highest BCUT2D eigenvalue weighted by Crippen LogP contribution is 2.19. The molecule has 20 heavy (non-hydrogen) atoms. The molecule has 1 heterocycles. The lowest BCUT2D eigenvalue weighted by atomic mass is 9.94. The van der Waals surface area contributed by atoms with Crippen molar-refractivity contribution in [2.45, 2.75) is 71.3 Å². The van der Waals surface area contributed by atoms with Gasteiger partial charge in [0.15, 0.2) is 0 Å². The van der Waals surface area contributed by atoms with E-state index in [0.29, 0.717) is 6.10 Å². The Morgan fingerprint density at radius 3 is 2.75 bits per heavy atom. The van der Waals surface area contributed by atoms with Crippen molar-refractivity contribution in [1.82, 2.24) is 4.90 Å². The molecule has 0 spiro atoms. The number of piperidine rings is 1. The number of hydrogen-bond donors (Lipinski definition) is 1. The first-order valence-corrected chi connectivity index (χ1v) is 8.84. The maximum atomic E-state index is 5.91. The van der Waals surface area contributed by atoms with E-state index in [1.165, 1.54) is 58.0 Å². The zero-order valence-electron chi connectivity index (χ0n) is 13.8. The number of rotatable bonds is 11. The van der Waals surface area contributed by atoms with Crippen LogP contribution in [0.25, 0.3) is 0 Å². The van der Waals surface area contributed by atoms with Crippen molar-refractivity contribution in [3.8, 4) is 0 Å². The van der Waals surface area contributed by atoms with E-state index in [4.69, 9.17) is 10.5 Å². The van der Waals surface area contributed by atoms with E-state index in [1.807, 2.05) is 0 Å². The SMILES string of the molecule is CCCOC1CCCN(CCCC(CCC)CCN)C1. The zero-order chi connectivity index (χ0) is 14.6. The van der Waals surface area contributed by atoms with E-state index in [2.05, 4.69) is 18.7 Å². The van der Waals surface area contributed by atoms with Crippen molar-refractivity contribution in [2.75, 3.05) is 32.8 Å². The van der Waals surface area contributed by atoms with Gasteiger partial charge in [-0.1, -0.05) is 26.7 Å². The lowest BCUT2D eigenvalue weighted by molar-refractivity contribution is -0.000612. The van der Waals surface area contributed by atoms with Crippen LogP contribution in [0.3, 0.4) is 0 Å². The van der Waals surface area contributed by atoms with Crippen LogP contribution in [-0.2, 0) is 4.74 Å². The Balaban J connectivity index is 2.16. The molecule has 3 heteroatoms. The van der Waals surface area contributed by atoms with E-state index >= 15 is 0 Å². The van der Waals surface area contributed by atoms with Gasteiger partial charge in [-0.05, 0) is 64.1 Å². The molecule has 1 saturated heterocycles. The Bertz CT molecular complexity index is 217. The van der Waals surface area contributed by atoms with E-state index in [1.54, 1.807) is 0 Å². The van der Waals surface area contributed by atoms with Gasteiger partial charge in [0.25, 0.3) is 0 Å². The van der Waals surface area contributed by atoms with Crippen LogP contribution in [0.1, 0.15) is 65.2 Å². The number of nitrogens with zero attached hydrogens (tertiary/aromatic N) is 1. The van der Waals surface area contributed by atoms with Crippen LogP contribution >= 0.6 is 0 Å². The first kappa shape index (κ1) is 17.9. The molecule has 0 aliphatic carbocycles. The third kappa shape index (κ3) is 7.61. The summed E-state index contributed by atoms with van der Waals surface area (Å²) in [4.78, 5) is 2.61. The predicted octanol–water partition coefficient (Wildman–Crippen LogP) is 3.42. The molecule has 0 saturated carbocycles. The van der Waals surface area contributed by atoms with Crippen molar-refractivity contribution in [3.63, 3.8) is 0 Å². The smallest absolute Gasteiger partial charge is 0.0702 e. The fourth-order valence-electron chi connectivity index (χ4n) is 3.32. The minimum atomic E-state index is 0.485. The average Bonchev–Trinajstić information content (AvgIpc) is 2.46. The molecule has 0 radical (unpaired) electrons. The van der Waals surface area contributed by atoms with Gasteiger partial charge in [0, 0.05) is 13.2 Å². The second-order valence-corrected chi connectivity index (χ2v) is 6.31. The lowest BCUT2D eigenvalue weighted by Gasteiger charge is -2.33. The van der Waals surface area contributed by atoms with Crippen molar-refractivity contribution in [2.24, 2.45) is 11.7 Å². The summed E-state index contributed by atoms with van der Waals surface area (Å²) in [5.74, 6) is 0.849. The highest BCUT2D eigenvalue weighted by atomic mass is 16.5. The Kier molecular flexibility index (Phi) is 10.3. The summed E-state index contributed by atoms with van der Waals surface area (Å²) in [6, 6.07) is 0. The van der Waals surface area contributed by atoms with Crippen molar-refractivity contribution < 1.29 is 4.74 Å².